The minimum Gasteiger partial charge on any atom is -0.449 e. The molecule has 12 heteroatoms. The summed E-state index contributed by atoms with van der Waals surface area (Å²) < 4.78 is 18.2. The molecule has 0 aromatic heterocycles. The highest BCUT2D eigenvalue weighted by atomic mass is 16.6. The fourth-order valence-corrected chi connectivity index (χ4v) is 1.15. The maximum Gasteiger partial charge on any atom is 0.404 e. The first kappa shape index (κ1) is 18.1. The number of nitrogens with two attached hydrogens (primary N) is 4. The molecule has 0 rings (SSSR count). The van der Waals surface area contributed by atoms with Gasteiger partial charge in [-0.25, -0.2) is 19.2 Å². The molecule has 8 N–H and O–H groups in total. The molecular formula is C9H16N4O8. The smallest absolute Gasteiger partial charge is 0.404 e. The van der Waals surface area contributed by atoms with Crippen LogP contribution in [0.5, 0.6) is 0 Å². The highest BCUT2D eigenvalue weighted by molar-refractivity contribution is 5.66. The molecule has 0 heterocycles. The molecule has 12 nitrogen and oxygen atoms in total. The molecule has 0 bridgehead atoms. The van der Waals surface area contributed by atoms with Gasteiger partial charge in [0.05, 0.1) is 0 Å². The molecule has 0 radical (unpaired) electrons. The van der Waals surface area contributed by atoms with Crippen LogP contribution in [0.15, 0.2) is 0 Å². The summed E-state index contributed by atoms with van der Waals surface area (Å²) in [5.41, 5.74) is 17.8. The molecule has 0 unspecified atom stereocenters. The van der Waals surface area contributed by atoms with Crippen LogP contribution in [-0.2, 0) is 18.9 Å². The quantitative estimate of drug-likeness (QED) is 0.380. The summed E-state index contributed by atoms with van der Waals surface area (Å²) in [6.45, 7) is -2.07. The van der Waals surface area contributed by atoms with Crippen molar-refractivity contribution in [3.8, 4) is 0 Å². The summed E-state index contributed by atoms with van der Waals surface area (Å²) >= 11 is 0. The van der Waals surface area contributed by atoms with Crippen molar-refractivity contribution in [2.24, 2.45) is 28.3 Å². The molecule has 0 aliphatic heterocycles. The van der Waals surface area contributed by atoms with E-state index in [1.165, 1.54) is 0 Å². The Bertz CT molecular complexity index is 335. The predicted molar refractivity (Wildman–Crippen MR) is 64.6 cm³/mol. The summed E-state index contributed by atoms with van der Waals surface area (Å²) in [5.74, 6) is 0. The van der Waals surface area contributed by atoms with Gasteiger partial charge >= 0.3 is 24.4 Å². The lowest BCUT2D eigenvalue weighted by Crippen LogP contribution is -2.45. The number of hydrogen-bond acceptors (Lipinski definition) is 8. The largest absolute Gasteiger partial charge is 0.449 e. The molecular weight excluding hydrogens is 292 g/mol. The lowest BCUT2D eigenvalue weighted by molar-refractivity contribution is -0.0443. The Balaban J connectivity index is 5.02. The van der Waals surface area contributed by atoms with E-state index >= 15 is 0 Å². The first-order chi connectivity index (χ1) is 9.67. The number of carbonyl (C=O) groups is 4. The van der Waals surface area contributed by atoms with Crippen LogP contribution in [0.1, 0.15) is 0 Å². The number of primary amides is 4. The molecule has 0 aliphatic carbocycles. The molecule has 120 valence electrons. The van der Waals surface area contributed by atoms with Gasteiger partial charge in [0.1, 0.15) is 31.8 Å². The lowest BCUT2D eigenvalue weighted by Gasteiger charge is -2.30. The number of rotatable bonds is 8. The molecule has 21 heavy (non-hydrogen) atoms. The number of ether oxygens (including phenoxy) is 4. The summed E-state index contributed by atoms with van der Waals surface area (Å²) in [6.07, 6.45) is -4.62. The second-order valence-electron chi connectivity index (χ2n) is 3.93. The van der Waals surface area contributed by atoms with Crippen molar-refractivity contribution in [1.82, 2.24) is 0 Å². The van der Waals surface area contributed by atoms with Crippen LogP contribution < -0.4 is 22.9 Å². The fraction of sp³-hybridized carbons (Fsp3) is 0.556. The third-order valence-electron chi connectivity index (χ3n) is 2.08. The summed E-state index contributed by atoms with van der Waals surface area (Å²) in [5, 5.41) is 0. The van der Waals surface area contributed by atoms with E-state index in [1.807, 2.05) is 0 Å². The number of amides is 4. The van der Waals surface area contributed by atoms with Crippen LogP contribution in [0.2, 0.25) is 0 Å². The van der Waals surface area contributed by atoms with E-state index in [4.69, 9.17) is 22.9 Å². The summed E-state index contributed by atoms with van der Waals surface area (Å²) in [7, 11) is 0. The predicted octanol–water partition coefficient (Wildman–Crippen LogP) is -1.65. The van der Waals surface area contributed by atoms with E-state index in [0.717, 1.165) is 0 Å². The van der Waals surface area contributed by atoms with Gasteiger partial charge in [0.25, 0.3) is 0 Å². The Morgan fingerprint density at radius 2 is 0.762 bits per heavy atom. The third-order valence-corrected chi connectivity index (χ3v) is 2.08. The van der Waals surface area contributed by atoms with Crippen LogP contribution in [0.25, 0.3) is 0 Å². The summed E-state index contributed by atoms with van der Waals surface area (Å²) in [4.78, 5) is 42.7. The zero-order chi connectivity index (χ0) is 16.5. The van der Waals surface area contributed by atoms with Gasteiger partial charge in [-0.15, -0.1) is 0 Å². The third kappa shape index (κ3) is 8.74. The van der Waals surface area contributed by atoms with Crippen LogP contribution >= 0.6 is 0 Å². The average Bonchev–Trinajstić information content (AvgIpc) is 2.36. The van der Waals surface area contributed by atoms with Crippen molar-refractivity contribution in [1.29, 1.82) is 0 Å². The standard InChI is InChI=1S/C9H16N4O8/c10-5(14)18-1-9(2-19-6(11)15,3-20-7(12)16)4-21-8(13)17/h1-4H2,(H2,10,14)(H2,11,15)(H2,12,16)(H2,13,17). The van der Waals surface area contributed by atoms with E-state index in [2.05, 4.69) is 18.9 Å². The normalized spacial score (nSPS) is 10.3. The first-order valence-electron chi connectivity index (χ1n) is 5.36. The molecule has 0 saturated heterocycles. The van der Waals surface area contributed by atoms with Crippen molar-refractivity contribution in [2.75, 3.05) is 26.4 Å². The van der Waals surface area contributed by atoms with Crippen LogP contribution in [0.3, 0.4) is 0 Å². The molecule has 0 aromatic carbocycles. The van der Waals surface area contributed by atoms with E-state index in [9.17, 15) is 19.2 Å². The average molecular weight is 308 g/mol. The number of hydrogen-bond donors (Lipinski definition) is 4. The van der Waals surface area contributed by atoms with Gasteiger partial charge in [0, 0.05) is 0 Å². The Hall–Kier alpha value is -2.92. The van der Waals surface area contributed by atoms with E-state index in [0.29, 0.717) is 0 Å². The zero-order valence-electron chi connectivity index (χ0n) is 10.9. The van der Waals surface area contributed by atoms with Gasteiger partial charge in [-0.2, -0.15) is 0 Å². The fourth-order valence-electron chi connectivity index (χ4n) is 1.15. The van der Waals surface area contributed by atoms with Gasteiger partial charge in [0.15, 0.2) is 0 Å². The van der Waals surface area contributed by atoms with E-state index in [1.54, 1.807) is 0 Å². The van der Waals surface area contributed by atoms with Crippen LogP contribution in [-0.4, -0.2) is 50.8 Å². The molecule has 0 fully saturated rings. The van der Waals surface area contributed by atoms with Gasteiger partial charge in [-0.05, 0) is 0 Å². The Morgan fingerprint density at radius 1 is 0.571 bits per heavy atom. The van der Waals surface area contributed by atoms with Gasteiger partial charge in [-0.3, -0.25) is 0 Å². The molecule has 0 aromatic rings. The highest BCUT2D eigenvalue weighted by Crippen LogP contribution is 2.20. The second-order valence-corrected chi connectivity index (χ2v) is 3.93. The van der Waals surface area contributed by atoms with Crippen LogP contribution in [0, 0.1) is 5.41 Å². The van der Waals surface area contributed by atoms with Crippen molar-refractivity contribution < 1.29 is 38.1 Å². The van der Waals surface area contributed by atoms with E-state index < -0.39 is 56.2 Å². The minimum atomic E-state index is -1.46. The topological polar surface area (TPSA) is 209 Å². The van der Waals surface area contributed by atoms with Gasteiger partial charge in [-0.1, -0.05) is 0 Å². The first-order valence-corrected chi connectivity index (χ1v) is 5.36. The number of carbonyl (C=O) groups excluding carboxylic acids is 4. The Labute approximate surface area is 118 Å². The van der Waals surface area contributed by atoms with Crippen molar-refractivity contribution in [3.05, 3.63) is 0 Å². The zero-order valence-corrected chi connectivity index (χ0v) is 10.9. The van der Waals surface area contributed by atoms with Crippen molar-refractivity contribution >= 4 is 24.4 Å². The van der Waals surface area contributed by atoms with Crippen LogP contribution in [0.4, 0.5) is 19.2 Å². The molecule has 4 amide bonds. The maximum absolute atomic E-state index is 10.7. The monoisotopic (exact) mass is 308 g/mol. The minimum absolute atomic E-state index is 0.518. The van der Waals surface area contributed by atoms with Crippen molar-refractivity contribution in [3.63, 3.8) is 0 Å². The maximum atomic E-state index is 10.7. The SMILES string of the molecule is NC(=O)OCC(COC(N)=O)(COC(N)=O)COC(N)=O. The Kier molecular flexibility index (Phi) is 7.14. The molecule has 0 atom stereocenters. The highest BCUT2D eigenvalue weighted by Gasteiger charge is 2.37. The molecule has 0 aliphatic rings. The Morgan fingerprint density at radius 3 is 0.905 bits per heavy atom. The molecule has 0 saturated carbocycles. The van der Waals surface area contributed by atoms with Crippen molar-refractivity contribution in [2.45, 2.75) is 0 Å². The molecule has 0 spiro atoms. The lowest BCUT2D eigenvalue weighted by atomic mass is 9.92. The van der Waals surface area contributed by atoms with Gasteiger partial charge < -0.3 is 41.9 Å². The summed E-state index contributed by atoms with van der Waals surface area (Å²) in [6, 6.07) is 0. The second kappa shape index (κ2) is 8.29. The van der Waals surface area contributed by atoms with Gasteiger partial charge in [0.2, 0.25) is 0 Å². The van der Waals surface area contributed by atoms with E-state index in [-0.39, 0.29) is 0 Å².